The van der Waals surface area contributed by atoms with E-state index in [9.17, 15) is 4.39 Å². The van der Waals surface area contributed by atoms with Crippen LogP contribution in [0.2, 0.25) is 0 Å². The lowest BCUT2D eigenvalue weighted by molar-refractivity contribution is 0.199. The van der Waals surface area contributed by atoms with E-state index in [1.54, 1.807) is 26.2 Å². The largest absolute Gasteiger partial charge is 0.484 e. The molecule has 6 heteroatoms. The zero-order valence-corrected chi connectivity index (χ0v) is 12.2. The van der Waals surface area contributed by atoms with Crippen molar-refractivity contribution in [3.05, 3.63) is 47.1 Å². The normalized spacial score (nSPS) is 10.8. The van der Waals surface area contributed by atoms with Crippen molar-refractivity contribution >= 4 is 0 Å². The molecule has 1 N–H and O–H groups in total. The smallest absolute Gasteiger partial charge is 0.165 e. The predicted molar refractivity (Wildman–Crippen MR) is 75.6 cm³/mol. The SMILES string of the molecule is COCCNCc1cccc(F)c1OCc1cc(C)on1. The minimum absolute atomic E-state index is 0.170. The van der Waals surface area contributed by atoms with Gasteiger partial charge < -0.3 is 19.3 Å². The molecule has 5 nitrogen and oxygen atoms in total. The lowest BCUT2D eigenvalue weighted by Gasteiger charge is -2.12. The maximum absolute atomic E-state index is 13.9. The quantitative estimate of drug-likeness (QED) is 0.758. The van der Waals surface area contributed by atoms with Gasteiger partial charge in [0.25, 0.3) is 0 Å². The summed E-state index contributed by atoms with van der Waals surface area (Å²) in [6.07, 6.45) is 0. The van der Waals surface area contributed by atoms with Crippen molar-refractivity contribution in [3.63, 3.8) is 0 Å². The zero-order chi connectivity index (χ0) is 15.1. The Morgan fingerprint density at radius 1 is 1.38 bits per heavy atom. The molecule has 114 valence electrons. The topological polar surface area (TPSA) is 56.5 Å². The lowest BCUT2D eigenvalue weighted by atomic mass is 10.2. The Morgan fingerprint density at radius 2 is 2.24 bits per heavy atom. The van der Waals surface area contributed by atoms with Gasteiger partial charge in [-0.3, -0.25) is 0 Å². The second kappa shape index (κ2) is 7.75. The van der Waals surface area contributed by atoms with Gasteiger partial charge in [0.2, 0.25) is 0 Å². The summed E-state index contributed by atoms with van der Waals surface area (Å²) in [7, 11) is 1.64. The highest BCUT2D eigenvalue weighted by atomic mass is 19.1. The molecule has 0 saturated heterocycles. The van der Waals surface area contributed by atoms with E-state index in [1.165, 1.54) is 6.07 Å². The molecule has 0 aliphatic carbocycles. The number of aromatic nitrogens is 1. The maximum Gasteiger partial charge on any atom is 0.165 e. The molecule has 0 fully saturated rings. The Labute approximate surface area is 123 Å². The van der Waals surface area contributed by atoms with Crippen LogP contribution in [-0.4, -0.2) is 25.4 Å². The number of nitrogens with one attached hydrogen (secondary N) is 1. The molecular formula is C15H19FN2O3. The number of aryl methyl sites for hydroxylation is 1. The number of rotatable bonds is 8. The predicted octanol–water partition coefficient (Wildman–Crippen LogP) is 2.44. The number of methoxy groups -OCH3 is 1. The van der Waals surface area contributed by atoms with Gasteiger partial charge in [-0.2, -0.15) is 0 Å². The van der Waals surface area contributed by atoms with Crippen molar-refractivity contribution in [2.75, 3.05) is 20.3 Å². The number of ether oxygens (including phenoxy) is 2. The van der Waals surface area contributed by atoms with E-state index >= 15 is 0 Å². The van der Waals surface area contributed by atoms with Crippen molar-refractivity contribution in [1.82, 2.24) is 10.5 Å². The second-order valence-corrected chi connectivity index (χ2v) is 4.62. The molecule has 21 heavy (non-hydrogen) atoms. The van der Waals surface area contributed by atoms with Crippen LogP contribution in [0.1, 0.15) is 17.0 Å². The van der Waals surface area contributed by atoms with Gasteiger partial charge in [-0.15, -0.1) is 0 Å². The van der Waals surface area contributed by atoms with Crippen LogP contribution >= 0.6 is 0 Å². The number of para-hydroxylation sites is 1. The Morgan fingerprint density at radius 3 is 2.95 bits per heavy atom. The van der Waals surface area contributed by atoms with Gasteiger partial charge in [-0.05, 0) is 13.0 Å². The number of nitrogens with zero attached hydrogens (tertiary/aromatic N) is 1. The van der Waals surface area contributed by atoms with E-state index < -0.39 is 0 Å². The van der Waals surface area contributed by atoms with E-state index in [1.807, 2.05) is 6.07 Å². The summed E-state index contributed by atoms with van der Waals surface area (Å²) in [6.45, 7) is 3.76. The molecule has 2 aromatic rings. The summed E-state index contributed by atoms with van der Waals surface area (Å²) < 4.78 is 29.4. The minimum Gasteiger partial charge on any atom is -0.484 e. The Hall–Kier alpha value is -1.92. The molecular weight excluding hydrogens is 275 g/mol. The summed E-state index contributed by atoms with van der Waals surface area (Å²) >= 11 is 0. The van der Waals surface area contributed by atoms with E-state index in [0.29, 0.717) is 31.2 Å². The fourth-order valence-electron chi connectivity index (χ4n) is 1.88. The van der Waals surface area contributed by atoms with Gasteiger partial charge in [0.05, 0.1) is 6.61 Å². The summed E-state index contributed by atoms with van der Waals surface area (Å²) in [4.78, 5) is 0. The van der Waals surface area contributed by atoms with Gasteiger partial charge in [-0.25, -0.2) is 4.39 Å². The lowest BCUT2D eigenvalue weighted by Crippen LogP contribution is -2.19. The summed E-state index contributed by atoms with van der Waals surface area (Å²) in [6, 6.07) is 6.63. The first kappa shape index (κ1) is 15.5. The molecule has 1 aromatic heterocycles. The maximum atomic E-state index is 13.9. The van der Waals surface area contributed by atoms with Crippen molar-refractivity contribution in [2.45, 2.75) is 20.1 Å². The zero-order valence-electron chi connectivity index (χ0n) is 12.2. The molecule has 1 heterocycles. The molecule has 0 spiro atoms. The molecule has 0 bridgehead atoms. The van der Waals surface area contributed by atoms with Crippen LogP contribution in [0.25, 0.3) is 0 Å². The average molecular weight is 294 g/mol. The molecule has 0 aliphatic rings. The Balaban J connectivity index is 1.99. The highest BCUT2D eigenvalue weighted by Gasteiger charge is 2.11. The second-order valence-electron chi connectivity index (χ2n) is 4.62. The van der Waals surface area contributed by atoms with Gasteiger partial charge >= 0.3 is 0 Å². The van der Waals surface area contributed by atoms with E-state index in [0.717, 1.165) is 5.56 Å². The standard InChI is InChI=1S/C15H19FN2O3/c1-11-8-13(18-21-11)10-20-15-12(4-3-5-14(15)16)9-17-6-7-19-2/h3-5,8,17H,6-7,9-10H2,1-2H3. The van der Waals surface area contributed by atoms with Crippen molar-refractivity contribution in [2.24, 2.45) is 0 Å². The third-order valence-corrected chi connectivity index (χ3v) is 2.89. The van der Waals surface area contributed by atoms with Crippen LogP contribution in [0, 0.1) is 12.7 Å². The number of hydrogen-bond donors (Lipinski definition) is 1. The highest BCUT2D eigenvalue weighted by molar-refractivity contribution is 5.35. The summed E-state index contributed by atoms with van der Waals surface area (Å²) in [5.74, 6) is 0.549. The molecule has 0 amide bonds. The first-order valence-electron chi connectivity index (χ1n) is 6.72. The van der Waals surface area contributed by atoms with Crippen LogP contribution in [0.15, 0.2) is 28.8 Å². The van der Waals surface area contributed by atoms with Crippen molar-refractivity contribution in [1.29, 1.82) is 0 Å². The van der Waals surface area contributed by atoms with Crippen LogP contribution < -0.4 is 10.1 Å². The molecule has 0 atom stereocenters. The van der Waals surface area contributed by atoms with E-state index in [2.05, 4.69) is 10.5 Å². The van der Waals surface area contributed by atoms with Gasteiger partial charge in [0.15, 0.2) is 11.6 Å². The molecule has 0 aliphatic heterocycles. The van der Waals surface area contributed by atoms with Gasteiger partial charge in [0.1, 0.15) is 18.1 Å². The molecule has 0 saturated carbocycles. The van der Waals surface area contributed by atoms with Gasteiger partial charge in [0, 0.05) is 31.8 Å². The van der Waals surface area contributed by atoms with E-state index in [-0.39, 0.29) is 18.2 Å². The summed E-state index contributed by atoms with van der Waals surface area (Å²) in [5.41, 5.74) is 1.39. The Kier molecular flexibility index (Phi) is 5.71. The third kappa shape index (κ3) is 4.54. The molecule has 0 radical (unpaired) electrons. The number of hydrogen-bond acceptors (Lipinski definition) is 5. The fourth-order valence-corrected chi connectivity index (χ4v) is 1.88. The van der Waals surface area contributed by atoms with Crippen LogP contribution in [0.4, 0.5) is 4.39 Å². The van der Waals surface area contributed by atoms with Crippen molar-refractivity contribution in [3.8, 4) is 5.75 Å². The molecule has 2 rings (SSSR count). The third-order valence-electron chi connectivity index (χ3n) is 2.89. The first-order valence-corrected chi connectivity index (χ1v) is 6.72. The monoisotopic (exact) mass is 294 g/mol. The Bertz CT molecular complexity index is 572. The molecule has 1 aromatic carbocycles. The van der Waals surface area contributed by atoms with Crippen LogP contribution in [0.5, 0.6) is 5.75 Å². The highest BCUT2D eigenvalue weighted by Crippen LogP contribution is 2.23. The van der Waals surface area contributed by atoms with Gasteiger partial charge in [-0.1, -0.05) is 17.3 Å². The minimum atomic E-state index is -0.388. The van der Waals surface area contributed by atoms with Crippen molar-refractivity contribution < 1.29 is 18.4 Å². The molecule has 0 unspecified atom stereocenters. The van der Waals surface area contributed by atoms with Crippen LogP contribution in [0.3, 0.4) is 0 Å². The van der Waals surface area contributed by atoms with E-state index in [4.69, 9.17) is 14.0 Å². The first-order chi connectivity index (χ1) is 10.2. The summed E-state index contributed by atoms with van der Waals surface area (Å²) in [5, 5.41) is 6.99. The fraction of sp³-hybridized carbons (Fsp3) is 0.400. The van der Waals surface area contributed by atoms with Crippen LogP contribution in [-0.2, 0) is 17.9 Å². The number of halogens is 1. The number of benzene rings is 1. The average Bonchev–Trinajstić information content (AvgIpc) is 2.88.